The van der Waals surface area contributed by atoms with Crippen LogP contribution in [-0.2, 0) is 10.2 Å². The third-order valence-corrected chi connectivity index (χ3v) is 5.73. The van der Waals surface area contributed by atoms with Gasteiger partial charge in [-0.05, 0) is 77.4 Å². The monoisotopic (exact) mass is 360 g/mol. The topological polar surface area (TPSA) is 70.1 Å². The van der Waals surface area contributed by atoms with Gasteiger partial charge in [0.25, 0.3) is 0 Å². The molecular formula is C20H28N2O4. The molecule has 6 heteroatoms. The molecule has 3 rings (SSSR count). The van der Waals surface area contributed by atoms with Crippen molar-refractivity contribution in [3.63, 3.8) is 0 Å². The van der Waals surface area contributed by atoms with Gasteiger partial charge in [0.15, 0.2) is 0 Å². The Bertz CT molecular complexity index is 715. The van der Waals surface area contributed by atoms with Crippen molar-refractivity contribution >= 4 is 17.7 Å². The smallest absolute Gasteiger partial charge is 0.411 e. The SMILES string of the molecule is CCOC(=O)c1ccc2c(c1)C1(CCN(C(C)(C)C)CC1)CN2C(=O)O. The Morgan fingerprint density at radius 3 is 2.42 bits per heavy atom. The summed E-state index contributed by atoms with van der Waals surface area (Å²) in [6, 6.07) is 5.26. The second kappa shape index (κ2) is 6.58. The summed E-state index contributed by atoms with van der Waals surface area (Å²) in [6.07, 6.45) is 0.825. The third-order valence-electron chi connectivity index (χ3n) is 5.73. The van der Waals surface area contributed by atoms with Crippen LogP contribution in [0.2, 0.25) is 0 Å². The van der Waals surface area contributed by atoms with E-state index in [-0.39, 0.29) is 16.9 Å². The molecule has 1 aromatic carbocycles. The van der Waals surface area contributed by atoms with E-state index in [0.29, 0.717) is 24.4 Å². The van der Waals surface area contributed by atoms with Crippen molar-refractivity contribution < 1.29 is 19.4 Å². The van der Waals surface area contributed by atoms with E-state index in [1.165, 1.54) is 4.90 Å². The lowest BCUT2D eigenvalue weighted by Gasteiger charge is -2.45. The Kier molecular flexibility index (Phi) is 4.73. The molecule has 1 saturated heterocycles. The summed E-state index contributed by atoms with van der Waals surface area (Å²) in [5, 5.41) is 9.64. The molecule has 0 atom stereocenters. The molecule has 1 aromatic rings. The van der Waals surface area contributed by atoms with Crippen molar-refractivity contribution in [2.24, 2.45) is 0 Å². The fourth-order valence-electron chi connectivity index (χ4n) is 4.21. The second-order valence-electron chi connectivity index (χ2n) is 8.26. The number of carbonyl (C=O) groups excluding carboxylic acids is 1. The number of piperidine rings is 1. The number of hydrogen-bond donors (Lipinski definition) is 1. The molecule has 0 bridgehead atoms. The normalized spacial score (nSPS) is 19.5. The number of hydrogen-bond acceptors (Lipinski definition) is 4. The average molecular weight is 360 g/mol. The third kappa shape index (κ3) is 3.18. The number of amides is 1. The van der Waals surface area contributed by atoms with Gasteiger partial charge in [-0.2, -0.15) is 0 Å². The van der Waals surface area contributed by atoms with Gasteiger partial charge in [0, 0.05) is 17.5 Å². The van der Waals surface area contributed by atoms with Crippen LogP contribution in [0, 0.1) is 0 Å². The molecule has 1 spiro atoms. The van der Waals surface area contributed by atoms with Crippen molar-refractivity contribution in [3.05, 3.63) is 29.3 Å². The standard InChI is InChI=1S/C20H28N2O4/c1-5-26-17(23)14-6-7-16-15(12-14)20(13-22(16)18(24)25)8-10-21(11-9-20)19(2,3)4/h6-7,12H,5,8-11,13H2,1-4H3,(H,24,25). The predicted molar refractivity (Wildman–Crippen MR) is 100 cm³/mol. The summed E-state index contributed by atoms with van der Waals surface area (Å²) < 4.78 is 5.12. The maximum absolute atomic E-state index is 12.2. The Balaban J connectivity index is 1.96. The summed E-state index contributed by atoms with van der Waals surface area (Å²) in [7, 11) is 0. The van der Waals surface area contributed by atoms with E-state index >= 15 is 0 Å². The van der Waals surface area contributed by atoms with Gasteiger partial charge in [0.2, 0.25) is 0 Å². The summed E-state index contributed by atoms with van der Waals surface area (Å²) in [5.41, 5.74) is 2.05. The molecule has 2 aliphatic heterocycles. The number of benzene rings is 1. The van der Waals surface area contributed by atoms with E-state index < -0.39 is 6.09 Å². The molecule has 1 amide bonds. The first-order valence-corrected chi connectivity index (χ1v) is 9.25. The molecule has 0 radical (unpaired) electrons. The minimum Gasteiger partial charge on any atom is -0.465 e. The van der Waals surface area contributed by atoms with Crippen LogP contribution in [0.4, 0.5) is 10.5 Å². The van der Waals surface area contributed by atoms with Gasteiger partial charge in [-0.15, -0.1) is 0 Å². The average Bonchev–Trinajstić information content (AvgIpc) is 2.89. The maximum Gasteiger partial charge on any atom is 0.411 e. The molecule has 0 aliphatic carbocycles. The second-order valence-corrected chi connectivity index (χ2v) is 8.26. The van der Waals surface area contributed by atoms with Gasteiger partial charge in [-0.1, -0.05) is 0 Å². The molecule has 1 fully saturated rings. The van der Waals surface area contributed by atoms with Crippen LogP contribution < -0.4 is 4.90 Å². The van der Waals surface area contributed by atoms with E-state index in [1.54, 1.807) is 19.1 Å². The number of anilines is 1. The van der Waals surface area contributed by atoms with Crippen molar-refractivity contribution in [3.8, 4) is 0 Å². The van der Waals surface area contributed by atoms with Crippen LogP contribution in [0.25, 0.3) is 0 Å². The molecule has 142 valence electrons. The van der Waals surface area contributed by atoms with Gasteiger partial charge in [0.05, 0.1) is 17.9 Å². The first-order chi connectivity index (χ1) is 12.2. The zero-order valence-corrected chi connectivity index (χ0v) is 16.0. The van der Waals surface area contributed by atoms with E-state index in [1.807, 2.05) is 6.07 Å². The number of fused-ring (bicyclic) bond motifs is 2. The van der Waals surface area contributed by atoms with Crippen LogP contribution in [0.5, 0.6) is 0 Å². The number of ether oxygens (including phenoxy) is 1. The van der Waals surface area contributed by atoms with Crippen molar-refractivity contribution in [1.29, 1.82) is 0 Å². The number of nitrogens with zero attached hydrogens (tertiary/aromatic N) is 2. The van der Waals surface area contributed by atoms with Crippen molar-refractivity contribution in [2.45, 2.75) is 51.5 Å². The van der Waals surface area contributed by atoms with Gasteiger partial charge in [-0.25, -0.2) is 9.59 Å². The number of carboxylic acid groups (broad SMARTS) is 1. The lowest BCUT2D eigenvalue weighted by atomic mass is 9.73. The van der Waals surface area contributed by atoms with Crippen LogP contribution in [0.1, 0.15) is 56.5 Å². The molecule has 0 aromatic heterocycles. The van der Waals surface area contributed by atoms with Crippen LogP contribution in [0.3, 0.4) is 0 Å². The van der Waals surface area contributed by atoms with Crippen molar-refractivity contribution in [2.75, 3.05) is 31.1 Å². The van der Waals surface area contributed by atoms with E-state index in [2.05, 4.69) is 25.7 Å². The van der Waals surface area contributed by atoms with Gasteiger partial charge < -0.3 is 9.84 Å². The Labute approximate surface area is 154 Å². The lowest BCUT2D eigenvalue weighted by molar-refractivity contribution is 0.0526. The Hall–Kier alpha value is -2.08. The van der Waals surface area contributed by atoms with Crippen LogP contribution >= 0.6 is 0 Å². The molecule has 6 nitrogen and oxygen atoms in total. The summed E-state index contributed by atoms with van der Waals surface area (Å²) in [6.45, 7) is 11.0. The van der Waals surface area contributed by atoms with E-state index in [4.69, 9.17) is 4.74 Å². The fraction of sp³-hybridized carbons (Fsp3) is 0.600. The highest BCUT2D eigenvalue weighted by atomic mass is 16.5. The molecule has 2 aliphatic rings. The number of likely N-dealkylation sites (tertiary alicyclic amines) is 1. The first kappa shape index (κ1) is 18.7. The number of rotatable bonds is 2. The molecule has 1 N–H and O–H groups in total. The highest BCUT2D eigenvalue weighted by Gasteiger charge is 2.47. The summed E-state index contributed by atoms with van der Waals surface area (Å²) in [4.78, 5) is 27.8. The molecule has 0 saturated carbocycles. The maximum atomic E-state index is 12.2. The van der Waals surface area contributed by atoms with Crippen LogP contribution in [0.15, 0.2) is 18.2 Å². The lowest BCUT2D eigenvalue weighted by Crippen LogP contribution is -2.51. The number of carbonyl (C=O) groups is 2. The predicted octanol–water partition coefficient (Wildman–Crippen LogP) is 3.49. The van der Waals surface area contributed by atoms with Gasteiger partial charge in [-0.3, -0.25) is 9.80 Å². The Morgan fingerprint density at radius 1 is 1.23 bits per heavy atom. The minimum absolute atomic E-state index is 0.0995. The molecule has 26 heavy (non-hydrogen) atoms. The van der Waals surface area contributed by atoms with Gasteiger partial charge >= 0.3 is 12.1 Å². The fourth-order valence-corrected chi connectivity index (χ4v) is 4.21. The summed E-state index contributed by atoms with van der Waals surface area (Å²) in [5.74, 6) is -0.355. The minimum atomic E-state index is -0.940. The van der Waals surface area contributed by atoms with E-state index in [0.717, 1.165) is 31.5 Å². The largest absolute Gasteiger partial charge is 0.465 e. The van der Waals surface area contributed by atoms with E-state index in [9.17, 15) is 14.7 Å². The molecule has 0 unspecified atom stereocenters. The molecular weight excluding hydrogens is 332 g/mol. The molecule has 2 heterocycles. The number of esters is 1. The van der Waals surface area contributed by atoms with Crippen LogP contribution in [-0.4, -0.2) is 53.8 Å². The summed E-state index contributed by atoms with van der Waals surface area (Å²) >= 11 is 0. The first-order valence-electron chi connectivity index (χ1n) is 9.25. The highest BCUT2D eigenvalue weighted by molar-refractivity contribution is 5.94. The van der Waals surface area contributed by atoms with Gasteiger partial charge in [0.1, 0.15) is 0 Å². The quantitative estimate of drug-likeness (QED) is 0.818. The Morgan fingerprint density at radius 2 is 1.88 bits per heavy atom. The zero-order chi connectivity index (χ0) is 19.1. The van der Waals surface area contributed by atoms with Crippen molar-refractivity contribution in [1.82, 2.24) is 4.90 Å². The highest BCUT2D eigenvalue weighted by Crippen LogP contribution is 2.48. The zero-order valence-electron chi connectivity index (χ0n) is 16.0.